The zero-order chi connectivity index (χ0) is 17.4. The zero-order valence-electron chi connectivity index (χ0n) is 14.3. The molecule has 1 N–H and O–H groups in total. The summed E-state index contributed by atoms with van der Waals surface area (Å²) in [4.78, 5) is 9.03. The summed E-state index contributed by atoms with van der Waals surface area (Å²) in [6.07, 6.45) is 3.61. The van der Waals surface area contributed by atoms with E-state index in [0.717, 1.165) is 39.0 Å². The van der Waals surface area contributed by atoms with Crippen LogP contribution < -0.4 is 0 Å². The number of hydrogen-bond donors (Lipinski definition) is 1. The van der Waals surface area contributed by atoms with Crippen molar-refractivity contribution in [3.63, 3.8) is 0 Å². The molecule has 0 unspecified atom stereocenters. The molecule has 0 aliphatic rings. The van der Waals surface area contributed by atoms with Gasteiger partial charge in [-0.2, -0.15) is 0 Å². The van der Waals surface area contributed by atoms with E-state index in [0.29, 0.717) is 0 Å². The molecule has 0 atom stereocenters. The highest BCUT2D eigenvalue weighted by atomic mass is 16.3. The van der Waals surface area contributed by atoms with Gasteiger partial charge in [0.1, 0.15) is 0 Å². The molecule has 25 heavy (non-hydrogen) atoms. The lowest BCUT2D eigenvalue weighted by atomic mass is 9.97. The molecule has 0 aliphatic carbocycles. The Kier molecular flexibility index (Phi) is 3.82. The van der Waals surface area contributed by atoms with Gasteiger partial charge in [-0.1, -0.05) is 35.9 Å². The van der Waals surface area contributed by atoms with Crippen LogP contribution in [0.5, 0.6) is 0 Å². The number of aliphatic hydroxyl groups is 1. The smallest absolute Gasteiger partial charge is 0.0948 e. The van der Waals surface area contributed by atoms with E-state index in [1.54, 1.807) is 6.33 Å². The van der Waals surface area contributed by atoms with E-state index in [4.69, 9.17) is 4.98 Å². The van der Waals surface area contributed by atoms with Crippen LogP contribution in [0, 0.1) is 6.92 Å². The van der Waals surface area contributed by atoms with Crippen molar-refractivity contribution in [2.45, 2.75) is 13.5 Å². The first-order chi connectivity index (χ1) is 12.2. The molecule has 0 saturated heterocycles. The van der Waals surface area contributed by atoms with Crippen molar-refractivity contribution in [1.29, 1.82) is 0 Å². The minimum atomic E-state index is 0.0205. The highest BCUT2D eigenvalue weighted by Crippen LogP contribution is 2.33. The van der Waals surface area contributed by atoms with Crippen LogP contribution in [0.3, 0.4) is 0 Å². The van der Waals surface area contributed by atoms with Gasteiger partial charge < -0.3 is 9.67 Å². The maximum Gasteiger partial charge on any atom is 0.0948 e. The molecule has 0 saturated carbocycles. The Bertz CT molecular complexity index is 1070. The molecule has 0 amide bonds. The second kappa shape index (κ2) is 6.15. The van der Waals surface area contributed by atoms with Gasteiger partial charge in [0.05, 0.1) is 36.0 Å². The van der Waals surface area contributed by atoms with E-state index in [-0.39, 0.29) is 6.61 Å². The summed E-state index contributed by atoms with van der Waals surface area (Å²) in [6.45, 7) is 2.11. The van der Waals surface area contributed by atoms with Gasteiger partial charge in [0.25, 0.3) is 0 Å². The molecule has 2 heterocycles. The monoisotopic (exact) mass is 329 g/mol. The third-order valence-corrected chi connectivity index (χ3v) is 4.46. The fourth-order valence-electron chi connectivity index (χ4n) is 3.16. The standard InChI is InChI=1S/C21H19N3O/c1-14-4-3-5-16(8-14)17-10-20(21-11-22-13-24(21)2)23-19-7-6-15(12-25)9-18(17)19/h3-11,13,25H,12H2,1-2H3. The number of hydrogen-bond acceptors (Lipinski definition) is 3. The summed E-state index contributed by atoms with van der Waals surface area (Å²) in [6, 6.07) is 16.5. The molecular formula is C21H19N3O. The maximum atomic E-state index is 9.51. The molecular weight excluding hydrogens is 310 g/mol. The Morgan fingerprint density at radius 2 is 1.96 bits per heavy atom. The molecule has 2 aromatic heterocycles. The average molecular weight is 329 g/mol. The lowest BCUT2D eigenvalue weighted by Crippen LogP contribution is -1.95. The number of fused-ring (bicyclic) bond motifs is 1. The molecule has 4 aromatic rings. The normalized spacial score (nSPS) is 11.2. The molecule has 0 radical (unpaired) electrons. The summed E-state index contributed by atoms with van der Waals surface area (Å²) < 4.78 is 1.97. The minimum absolute atomic E-state index is 0.0205. The average Bonchev–Trinajstić information content (AvgIpc) is 3.06. The van der Waals surface area contributed by atoms with E-state index < -0.39 is 0 Å². The van der Waals surface area contributed by atoms with Crippen molar-refractivity contribution in [2.75, 3.05) is 0 Å². The molecule has 4 heteroatoms. The van der Waals surface area contributed by atoms with Crippen molar-refractivity contribution in [1.82, 2.24) is 14.5 Å². The van der Waals surface area contributed by atoms with Gasteiger partial charge in [-0.25, -0.2) is 9.97 Å². The lowest BCUT2D eigenvalue weighted by molar-refractivity contribution is 0.282. The summed E-state index contributed by atoms with van der Waals surface area (Å²) in [5.41, 5.74) is 7.13. The van der Waals surface area contributed by atoms with E-state index >= 15 is 0 Å². The third-order valence-electron chi connectivity index (χ3n) is 4.46. The van der Waals surface area contributed by atoms with Crippen LogP contribution in [0.15, 0.2) is 61.1 Å². The van der Waals surface area contributed by atoms with E-state index in [2.05, 4.69) is 42.2 Å². The summed E-state index contributed by atoms with van der Waals surface area (Å²) in [7, 11) is 1.97. The number of aryl methyl sites for hydroxylation is 2. The van der Waals surface area contributed by atoms with Gasteiger partial charge >= 0.3 is 0 Å². The number of aliphatic hydroxyl groups excluding tert-OH is 1. The van der Waals surface area contributed by atoms with Crippen molar-refractivity contribution in [3.8, 4) is 22.5 Å². The zero-order valence-corrected chi connectivity index (χ0v) is 14.3. The number of benzene rings is 2. The second-order valence-electron chi connectivity index (χ2n) is 6.32. The summed E-state index contributed by atoms with van der Waals surface area (Å²) >= 11 is 0. The van der Waals surface area contributed by atoms with Gasteiger partial charge in [-0.3, -0.25) is 0 Å². The van der Waals surface area contributed by atoms with Crippen molar-refractivity contribution in [3.05, 3.63) is 72.2 Å². The lowest BCUT2D eigenvalue weighted by Gasteiger charge is -2.12. The number of imidazole rings is 1. The number of pyridine rings is 1. The summed E-state index contributed by atoms with van der Waals surface area (Å²) in [5.74, 6) is 0. The summed E-state index contributed by atoms with van der Waals surface area (Å²) in [5, 5.41) is 10.6. The molecule has 124 valence electrons. The Morgan fingerprint density at radius 3 is 2.68 bits per heavy atom. The van der Waals surface area contributed by atoms with Gasteiger partial charge in [-0.05, 0) is 41.8 Å². The molecule has 0 bridgehead atoms. The van der Waals surface area contributed by atoms with E-state index in [9.17, 15) is 5.11 Å². The number of aromatic nitrogens is 3. The van der Waals surface area contributed by atoms with Crippen LogP contribution in [-0.2, 0) is 13.7 Å². The molecule has 2 aromatic carbocycles. The molecule has 0 fully saturated rings. The van der Waals surface area contributed by atoms with Crippen LogP contribution in [0.2, 0.25) is 0 Å². The first-order valence-corrected chi connectivity index (χ1v) is 8.24. The van der Waals surface area contributed by atoms with Crippen molar-refractivity contribution in [2.24, 2.45) is 7.05 Å². The highest BCUT2D eigenvalue weighted by molar-refractivity contribution is 5.97. The quantitative estimate of drug-likeness (QED) is 0.615. The third kappa shape index (κ3) is 2.81. The van der Waals surface area contributed by atoms with Crippen molar-refractivity contribution < 1.29 is 5.11 Å². The first kappa shape index (κ1) is 15.5. The SMILES string of the molecule is Cc1cccc(-c2cc(-c3cncn3C)nc3ccc(CO)cc23)c1. The minimum Gasteiger partial charge on any atom is -0.392 e. The van der Waals surface area contributed by atoms with Gasteiger partial charge in [0.15, 0.2) is 0 Å². The number of nitrogens with zero attached hydrogens (tertiary/aromatic N) is 3. The number of rotatable bonds is 3. The first-order valence-electron chi connectivity index (χ1n) is 8.24. The van der Waals surface area contributed by atoms with Crippen molar-refractivity contribution >= 4 is 10.9 Å². The molecule has 4 rings (SSSR count). The van der Waals surface area contributed by atoms with Crippen LogP contribution in [0.1, 0.15) is 11.1 Å². The largest absolute Gasteiger partial charge is 0.392 e. The second-order valence-corrected chi connectivity index (χ2v) is 6.32. The molecule has 0 aliphatic heterocycles. The van der Waals surface area contributed by atoms with Gasteiger partial charge in [0.2, 0.25) is 0 Å². The van der Waals surface area contributed by atoms with Gasteiger partial charge in [0, 0.05) is 12.4 Å². The maximum absolute atomic E-state index is 9.51. The fourth-order valence-corrected chi connectivity index (χ4v) is 3.16. The van der Waals surface area contributed by atoms with Crippen LogP contribution in [-0.4, -0.2) is 19.6 Å². The molecule has 0 spiro atoms. The highest BCUT2D eigenvalue weighted by Gasteiger charge is 2.12. The Morgan fingerprint density at radius 1 is 1.08 bits per heavy atom. The van der Waals surface area contributed by atoms with Crippen LogP contribution in [0.25, 0.3) is 33.4 Å². The van der Waals surface area contributed by atoms with Gasteiger partial charge in [-0.15, -0.1) is 0 Å². The Hall–Kier alpha value is -2.98. The predicted molar refractivity (Wildman–Crippen MR) is 100 cm³/mol. The Labute approximate surface area is 146 Å². The van der Waals surface area contributed by atoms with E-state index in [1.165, 1.54) is 5.56 Å². The van der Waals surface area contributed by atoms with Crippen LogP contribution >= 0.6 is 0 Å². The molecule has 4 nitrogen and oxygen atoms in total. The fraction of sp³-hybridized carbons (Fsp3) is 0.143. The predicted octanol–water partition coefficient (Wildman–Crippen LogP) is 4.10. The topological polar surface area (TPSA) is 50.9 Å². The van der Waals surface area contributed by atoms with Crippen LogP contribution in [0.4, 0.5) is 0 Å². The van der Waals surface area contributed by atoms with E-state index in [1.807, 2.05) is 36.0 Å². The Balaban J connectivity index is 2.04.